The maximum absolute atomic E-state index is 11.0. The van der Waals surface area contributed by atoms with Gasteiger partial charge in [0.15, 0.2) is 11.5 Å². The highest BCUT2D eigenvalue weighted by Gasteiger charge is 2.16. The van der Waals surface area contributed by atoms with Crippen LogP contribution in [0.4, 0.5) is 5.69 Å². The third kappa shape index (κ3) is 2.38. The van der Waals surface area contributed by atoms with Gasteiger partial charge in [-0.1, -0.05) is 12.1 Å². The monoisotopic (exact) mass is 270 g/mol. The molecular weight excluding hydrogens is 256 g/mol. The molecule has 0 aromatic heterocycles. The molecule has 2 aromatic carbocycles. The van der Waals surface area contributed by atoms with Crippen molar-refractivity contribution < 1.29 is 14.3 Å². The zero-order valence-electron chi connectivity index (χ0n) is 10.8. The molecule has 20 heavy (non-hydrogen) atoms. The van der Waals surface area contributed by atoms with Crippen LogP contribution in [0.2, 0.25) is 0 Å². The van der Waals surface area contributed by atoms with Crippen LogP contribution >= 0.6 is 0 Å². The lowest BCUT2D eigenvalue weighted by molar-refractivity contribution is 0.100. The van der Waals surface area contributed by atoms with E-state index in [0.29, 0.717) is 12.1 Å². The van der Waals surface area contributed by atoms with E-state index in [1.807, 2.05) is 30.3 Å². The lowest BCUT2D eigenvalue weighted by atomic mass is 10.1. The summed E-state index contributed by atoms with van der Waals surface area (Å²) in [5.41, 5.74) is 7.63. The van der Waals surface area contributed by atoms with E-state index in [1.54, 1.807) is 12.1 Å². The number of carbonyl (C=O) groups excluding carboxylic acids is 1. The molecule has 5 heteroatoms. The minimum Gasteiger partial charge on any atom is -0.454 e. The van der Waals surface area contributed by atoms with Crippen LogP contribution in [-0.2, 0) is 6.54 Å². The fraction of sp³-hybridized carbons (Fsp3) is 0.133. The number of ether oxygens (including phenoxy) is 2. The van der Waals surface area contributed by atoms with Gasteiger partial charge in [-0.3, -0.25) is 4.79 Å². The summed E-state index contributed by atoms with van der Waals surface area (Å²) >= 11 is 0. The Labute approximate surface area is 116 Å². The molecule has 0 bridgehead atoms. The average Bonchev–Trinajstić information content (AvgIpc) is 2.94. The van der Waals surface area contributed by atoms with E-state index in [0.717, 1.165) is 22.7 Å². The molecular formula is C15H14N2O3. The van der Waals surface area contributed by atoms with Gasteiger partial charge in [0, 0.05) is 23.4 Å². The molecule has 0 saturated carbocycles. The molecule has 0 saturated heterocycles. The predicted molar refractivity (Wildman–Crippen MR) is 74.9 cm³/mol. The Balaban J connectivity index is 1.71. The van der Waals surface area contributed by atoms with E-state index in [4.69, 9.17) is 15.2 Å². The van der Waals surface area contributed by atoms with E-state index in [1.165, 1.54) is 0 Å². The van der Waals surface area contributed by atoms with Crippen molar-refractivity contribution in [2.75, 3.05) is 12.1 Å². The predicted octanol–water partition coefficient (Wildman–Crippen LogP) is 2.13. The van der Waals surface area contributed by atoms with E-state index < -0.39 is 5.91 Å². The van der Waals surface area contributed by atoms with Crippen LogP contribution in [-0.4, -0.2) is 12.7 Å². The molecule has 0 fully saturated rings. The van der Waals surface area contributed by atoms with Gasteiger partial charge in [0.05, 0.1) is 0 Å². The Hall–Kier alpha value is -2.69. The summed E-state index contributed by atoms with van der Waals surface area (Å²) in [6.07, 6.45) is 0. The molecule has 2 aromatic rings. The second-order valence-electron chi connectivity index (χ2n) is 4.45. The van der Waals surface area contributed by atoms with Crippen LogP contribution in [0.1, 0.15) is 15.9 Å². The Morgan fingerprint density at radius 1 is 1.15 bits per heavy atom. The van der Waals surface area contributed by atoms with Crippen molar-refractivity contribution in [2.45, 2.75) is 6.54 Å². The SMILES string of the molecule is NC(=O)c1ccc(NCc2cccc3c2OCO3)cc1. The maximum Gasteiger partial charge on any atom is 0.248 e. The molecule has 5 nitrogen and oxygen atoms in total. The van der Waals surface area contributed by atoms with Gasteiger partial charge in [0.2, 0.25) is 12.7 Å². The van der Waals surface area contributed by atoms with Crippen molar-refractivity contribution in [1.82, 2.24) is 0 Å². The van der Waals surface area contributed by atoms with Gasteiger partial charge in [-0.25, -0.2) is 0 Å². The number of primary amides is 1. The quantitative estimate of drug-likeness (QED) is 0.892. The molecule has 0 atom stereocenters. The van der Waals surface area contributed by atoms with Crippen LogP contribution in [0.5, 0.6) is 11.5 Å². The number of para-hydroxylation sites is 1. The van der Waals surface area contributed by atoms with Gasteiger partial charge in [-0.2, -0.15) is 0 Å². The second-order valence-corrected chi connectivity index (χ2v) is 4.45. The molecule has 3 N–H and O–H groups in total. The van der Waals surface area contributed by atoms with Crippen LogP contribution in [0.25, 0.3) is 0 Å². The largest absolute Gasteiger partial charge is 0.454 e. The number of nitrogens with one attached hydrogen (secondary N) is 1. The van der Waals surface area contributed by atoms with Gasteiger partial charge in [0.1, 0.15) is 0 Å². The molecule has 0 radical (unpaired) electrons. The molecule has 1 heterocycles. The Morgan fingerprint density at radius 2 is 1.95 bits per heavy atom. The fourth-order valence-electron chi connectivity index (χ4n) is 2.08. The van der Waals surface area contributed by atoms with Gasteiger partial charge in [-0.15, -0.1) is 0 Å². The molecule has 0 spiro atoms. The number of hydrogen-bond donors (Lipinski definition) is 2. The minimum atomic E-state index is -0.428. The topological polar surface area (TPSA) is 73.6 Å². The van der Waals surface area contributed by atoms with Crippen LogP contribution in [0.15, 0.2) is 42.5 Å². The maximum atomic E-state index is 11.0. The fourth-order valence-corrected chi connectivity index (χ4v) is 2.08. The smallest absolute Gasteiger partial charge is 0.248 e. The summed E-state index contributed by atoms with van der Waals surface area (Å²) in [6, 6.07) is 12.8. The van der Waals surface area contributed by atoms with Gasteiger partial charge in [0.25, 0.3) is 0 Å². The summed E-state index contributed by atoms with van der Waals surface area (Å²) in [7, 11) is 0. The molecule has 102 valence electrons. The lowest BCUT2D eigenvalue weighted by Gasteiger charge is -2.09. The number of amides is 1. The van der Waals surface area contributed by atoms with E-state index >= 15 is 0 Å². The van der Waals surface area contributed by atoms with Crippen molar-refractivity contribution in [2.24, 2.45) is 5.73 Å². The van der Waals surface area contributed by atoms with Gasteiger partial charge in [-0.05, 0) is 30.3 Å². The summed E-state index contributed by atoms with van der Waals surface area (Å²) in [5.74, 6) is 1.13. The first-order valence-corrected chi connectivity index (χ1v) is 6.25. The first kappa shape index (κ1) is 12.3. The minimum absolute atomic E-state index is 0.264. The first-order chi connectivity index (χ1) is 9.74. The Bertz CT molecular complexity index is 638. The Kier molecular flexibility index (Phi) is 3.16. The molecule has 1 aliphatic heterocycles. The van der Waals surface area contributed by atoms with Crippen molar-refractivity contribution in [3.8, 4) is 11.5 Å². The highest BCUT2D eigenvalue weighted by atomic mass is 16.7. The summed E-state index contributed by atoms with van der Waals surface area (Å²) in [4.78, 5) is 11.0. The normalized spacial score (nSPS) is 12.2. The zero-order chi connectivity index (χ0) is 13.9. The summed E-state index contributed by atoms with van der Waals surface area (Å²) < 4.78 is 10.8. The van der Waals surface area contributed by atoms with E-state index in [-0.39, 0.29) is 6.79 Å². The van der Waals surface area contributed by atoms with Gasteiger partial charge < -0.3 is 20.5 Å². The number of anilines is 1. The number of hydrogen-bond acceptors (Lipinski definition) is 4. The summed E-state index contributed by atoms with van der Waals surface area (Å²) in [6.45, 7) is 0.877. The molecule has 3 rings (SSSR count). The standard InChI is InChI=1S/C15H14N2O3/c16-15(18)10-4-6-12(7-5-10)17-8-11-2-1-3-13-14(11)20-9-19-13/h1-7,17H,8-9H2,(H2,16,18). The molecule has 1 aliphatic rings. The average molecular weight is 270 g/mol. The van der Waals surface area contributed by atoms with Crippen molar-refractivity contribution in [1.29, 1.82) is 0 Å². The molecule has 0 aliphatic carbocycles. The molecule has 0 unspecified atom stereocenters. The van der Waals surface area contributed by atoms with Crippen molar-refractivity contribution >= 4 is 11.6 Å². The number of benzene rings is 2. The lowest BCUT2D eigenvalue weighted by Crippen LogP contribution is -2.10. The Morgan fingerprint density at radius 3 is 2.70 bits per heavy atom. The number of rotatable bonds is 4. The van der Waals surface area contributed by atoms with E-state index in [9.17, 15) is 4.79 Å². The highest BCUT2D eigenvalue weighted by Crippen LogP contribution is 2.35. The second kappa shape index (κ2) is 5.13. The highest BCUT2D eigenvalue weighted by molar-refractivity contribution is 5.93. The van der Waals surface area contributed by atoms with E-state index in [2.05, 4.69) is 5.32 Å². The van der Waals surface area contributed by atoms with Crippen LogP contribution < -0.4 is 20.5 Å². The van der Waals surface area contributed by atoms with Gasteiger partial charge >= 0.3 is 0 Å². The number of nitrogens with two attached hydrogens (primary N) is 1. The number of carbonyl (C=O) groups is 1. The first-order valence-electron chi connectivity index (χ1n) is 6.25. The molecule has 1 amide bonds. The van der Waals surface area contributed by atoms with Crippen molar-refractivity contribution in [3.05, 3.63) is 53.6 Å². The van der Waals surface area contributed by atoms with Crippen LogP contribution in [0, 0.1) is 0 Å². The third-order valence-corrected chi connectivity index (χ3v) is 3.13. The zero-order valence-corrected chi connectivity index (χ0v) is 10.8. The van der Waals surface area contributed by atoms with Crippen LogP contribution in [0.3, 0.4) is 0 Å². The third-order valence-electron chi connectivity index (χ3n) is 3.13. The van der Waals surface area contributed by atoms with Crippen molar-refractivity contribution in [3.63, 3.8) is 0 Å². The number of fused-ring (bicyclic) bond motifs is 1. The summed E-state index contributed by atoms with van der Waals surface area (Å²) in [5, 5.41) is 3.27.